The topological polar surface area (TPSA) is 77.1 Å². The number of hydrogen-bond donors (Lipinski definition) is 3. The average molecular weight is 445 g/mol. The zero-order valence-electron chi connectivity index (χ0n) is 17.6. The van der Waals surface area contributed by atoms with Crippen molar-refractivity contribution in [3.63, 3.8) is 0 Å². The molecule has 0 spiro atoms. The van der Waals surface area contributed by atoms with Crippen molar-refractivity contribution >= 4 is 5.69 Å². The largest absolute Gasteiger partial charge is 0.383 e. The lowest BCUT2D eigenvalue weighted by Crippen LogP contribution is -2.44. The number of likely N-dealkylation sites (tertiary alicyclic amines) is 1. The standard InChI is InChI=1S/C23H26F3N5O/c24-16-3-6-19(7-4-16)29-18-2-1-10-31(11-9-18)14-23(32,13-22-27-15-28-30-22)20-8-5-17(25)12-21(20)26/h3-8,12,15,18,29,32H,1-2,9-11,13-14H2,(H,27,28,30). The van der Waals surface area contributed by atoms with Crippen molar-refractivity contribution in [3.05, 3.63) is 77.6 Å². The van der Waals surface area contributed by atoms with Crippen molar-refractivity contribution in [3.8, 4) is 0 Å². The van der Waals surface area contributed by atoms with Gasteiger partial charge in [-0.2, -0.15) is 5.10 Å². The van der Waals surface area contributed by atoms with Gasteiger partial charge in [-0.05, 0) is 56.1 Å². The summed E-state index contributed by atoms with van der Waals surface area (Å²) in [6, 6.07) is 9.70. The Morgan fingerprint density at radius 3 is 2.56 bits per heavy atom. The van der Waals surface area contributed by atoms with E-state index in [-0.39, 0.29) is 30.4 Å². The van der Waals surface area contributed by atoms with Crippen LogP contribution in [-0.4, -0.2) is 50.9 Å². The van der Waals surface area contributed by atoms with Gasteiger partial charge < -0.3 is 15.3 Å². The van der Waals surface area contributed by atoms with Crippen LogP contribution in [-0.2, 0) is 12.0 Å². The predicted molar refractivity (Wildman–Crippen MR) is 114 cm³/mol. The Kier molecular flexibility index (Phi) is 6.76. The van der Waals surface area contributed by atoms with Gasteiger partial charge in [-0.1, -0.05) is 6.07 Å². The number of aliphatic hydroxyl groups is 1. The summed E-state index contributed by atoms with van der Waals surface area (Å²) in [5, 5.41) is 21.5. The van der Waals surface area contributed by atoms with Gasteiger partial charge in [0.05, 0.1) is 0 Å². The van der Waals surface area contributed by atoms with E-state index in [2.05, 4.69) is 25.4 Å². The van der Waals surface area contributed by atoms with Crippen molar-refractivity contribution in [1.82, 2.24) is 20.1 Å². The summed E-state index contributed by atoms with van der Waals surface area (Å²) in [7, 11) is 0. The van der Waals surface area contributed by atoms with Crippen molar-refractivity contribution in [2.75, 3.05) is 25.0 Å². The van der Waals surface area contributed by atoms with Gasteiger partial charge in [-0.3, -0.25) is 5.10 Å². The third-order valence-electron chi connectivity index (χ3n) is 5.88. The van der Waals surface area contributed by atoms with Gasteiger partial charge in [0.25, 0.3) is 0 Å². The number of halogens is 3. The third-order valence-corrected chi connectivity index (χ3v) is 5.88. The molecule has 0 bridgehead atoms. The monoisotopic (exact) mass is 445 g/mol. The Hall–Kier alpha value is -2.91. The Morgan fingerprint density at radius 1 is 1.06 bits per heavy atom. The number of rotatable bonds is 7. The molecule has 9 heteroatoms. The minimum absolute atomic E-state index is 0.0172. The number of anilines is 1. The van der Waals surface area contributed by atoms with Crippen LogP contribution >= 0.6 is 0 Å². The van der Waals surface area contributed by atoms with Crippen molar-refractivity contribution in [2.24, 2.45) is 0 Å². The van der Waals surface area contributed by atoms with E-state index in [9.17, 15) is 18.3 Å². The van der Waals surface area contributed by atoms with Gasteiger partial charge in [-0.15, -0.1) is 0 Å². The summed E-state index contributed by atoms with van der Waals surface area (Å²) in [6.45, 7) is 1.57. The number of aromatic nitrogens is 3. The van der Waals surface area contributed by atoms with E-state index >= 15 is 0 Å². The number of H-pyrrole nitrogens is 1. The van der Waals surface area contributed by atoms with Crippen LogP contribution in [0.5, 0.6) is 0 Å². The number of nitrogens with one attached hydrogen (secondary N) is 2. The van der Waals surface area contributed by atoms with Gasteiger partial charge in [0.1, 0.15) is 35.2 Å². The molecule has 2 heterocycles. The molecule has 2 atom stereocenters. The van der Waals surface area contributed by atoms with Crippen LogP contribution in [0.2, 0.25) is 0 Å². The molecule has 3 N–H and O–H groups in total. The fraction of sp³-hybridized carbons (Fsp3) is 0.391. The number of hydrogen-bond acceptors (Lipinski definition) is 5. The molecule has 32 heavy (non-hydrogen) atoms. The maximum absolute atomic E-state index is 14.6. The summed E-state index contributed by atoms with van der Waals surface area (Å²) in [5.74, 6) is -1.35. The first-order valence-electron chi connectivity index (χ1n) is 10.7. The SMILES string of the molecule is OC(Cc1ncn[nH]1)(CN1CCCC(Nc2ccc(F)cc2)CC1)c1ccc(F)cc1F. The van der Waals surface area contributed by atoms with Gasteiger partial charge >= 0.3 is 0 Å². The Balaban J connectivity index is 1.47. The first kappa shape index (κ1) is 22.3. The molecule has 170 valence electrons. The molecule has 1 aliphatic heterocycles. The average Bonchev–Trinajstić information content (AvgIpc) is 3.16. The molecule has 1 aromatic heterocycles. The third kappa shape index (κ3) is 5.46. The molecule has 0 radical (unpaired) electrons. The number of β-amino-alcohol motifs (C(OH)–C–C–N with tert-alkyl or cyclic N) is 1. The lowest BCUT2D eigenvalue weighted by Gasteiger charge is -2.34. The lowest BCUT2D eigenvalue weighted by molar-refractivity contribution is -0.00472. The van der Waals surface area contributed by atoms with Crippen molar-refractivity contribution in [2.45, 2.75) is 37.3 Å². The Bertz CT molecular complexity index is 1010. The first-order valence-corrected chi connectivity index (χ1v) is 10.7. The summed E-state index contributed by atoms with van der Waals surface area (Å²) in [6.07, 6.45) is 3.95. The van der Waals surface area contributed by atoms with E-state index in [1.165, 1.54) is 24.5 Å². The second-order valence-corrected chi connectivity index (χ2v) is 8.32. The molecule has 6 nitrogen and oxygen atoms in total. The summed E-state index contributed by atoms with van der Waals surface area (Å²) >= 11 is 0. The summed E-state index contributed by atoms with van der Waals surface area (Å²) in [4.78, 5) is 6.16. The highest BCUT2D eigenvalue weighted by molar-refractivity contribution is 5.43. The molecule has 2 unspecified atom stereocenters. The van der Waals surface area contributed by atoms with E-state index in [1.807, 2.05) is 0 Å². The fourth-order valence-electron chi connectivity index (χ4n) is 4.31. The zero-order chi connectivity index (χ0) is 22.6. The molecular weight excluding hydrogens is 419 g/mol. The number of aromatic amines is 1. The van der Waals surface area contributed by atoms with Crippen LogP contribution in [0.1, 0.15) is 30.7 Å². The highest BCUT2D eigenvalue weighted by Crippen LogP contribution is 2.30. The molecular formula is C23H26F3N5O. The van der Waals surface area contributed by atoms with Gasteiger partial charge in [0.15, 0.2) is 0 Å². The number of nitrogens with zero attached hydrogens (tertiary/aromatic N) is 3. The van der Waals surface area contributed by atoms with E-state index in [0.717, 1.165) is 43.6 Å². The highest BCUT2D eigenvalue weighted by Gasteiger charge is 2.36. The quantitative estimate of drug-likeness (QED) is 0.518. The second-order valence-electron chi connectivity index (χ2n) is 8.32. The smallest absolute Gasteiger partial charge is 0.137 e. The molecule has 0 aliphatic carbocycles. The van der Waals surface area contributed by atoms with Crippen LogP contribution in [0.15, 0.2) is 48.8 Å². The molecule has 0 saturated carbocycles. The van der Waals surface area contributed by atoms with Crippen LogP contribution in [0.4, 0.5) is 18.9 Å². The van der Waals surface area contributed by atoms with Crippen molar-refractivity contribution in [1.29, 1.82) is 0 Å². The van der Waals surface area contributed by atoms with Gasteiger partial charge in [0.2, 0.25) is 0 Å². The van der Waals surface area contributed by atoms with Crippen LogP contribution in [0.3, 0.4) is 0 Å². The van der Waals surface area contributed by atoms with Crippen molar-refractivity contribution < 1.29 is 18.3 Å². The molecule has 1 fully saturated rings. The first-order chi connectivity index (χ1) is 15.4. The molecule has 1 aliphatic rings. The van der Waals surface area contributed by atoms with Gasteiger partial charge in [-0.25, -0.2) is 18.2 Å². The Labute approximate surface area is 184 Å². The van der Waals surface area contributed by atoms with Crippen LogP contribution in [0.25, 0.3) is 0 Å². The summed E-state index contributed by atoms with van der Waals surface area (Å²) in [5.41, 5.74) is -0.720. The molecule has 1 saturated heterocycles. The van der Waals surface area contributed by atoms with E-state index < -0.39 is 17.2 Å². The minimum atomic E-state index is -1.61. The van der Waals surface area contributed by atoms with E-state index in [4.69, 9.17) is 0 Å². The van der Waals surface area contributed by atoms with E-state index in [0.29, 0.717) is 12.4 Å². The molecule has 0 amide bonds. The molecule has 4 rings (SSSR count). The minimum Gasteiger partial charge on any atom is -0.383 e. The molecule has 2 aromatic carbocycles. The summed E-state index contributed by atoms with van der Waals surface area (Å²) < 4.78 is 41.3. The second kappa shape index (κ2) is 9.70. The highest BCUT2D eigenvalue weighted by atomic mass is 19.1. The maximum atomic E-state index is 14.6. The Morgan fingerprint density at radius 2 is 1.84 bits per heavy atom. The maximum Gasteiger partial charge on any atom is 0.137 e. The zero-order valence-corrected chi connectivity index (χ0v) is 17.6. The van der Waals surface area contributed by atoms with Crippen LogP contribution in [0, 0.1) is 17.5 Å². The predicted octanol–water partition coefficient (Wildman–Crippen LogP) is 3.62. The number of benzene rings is 2. The van der Waals surface area contributed by atoms with E-state index in [1.54, 1.807) is 12.1 Å². The fourth-order valence-corrected chi connectivity index (χ4v) is 4.31. The molecule has 3 aromatic rings. The van der Waals surface area contributed by atoms with Crippen LogP contribution < -0.4 is 5.32 Å². The normalized spacial score (nSPS) is 19.3. The lowest BCUT2D eigenvalue weighted by atomic mass is 9.88. The van der Waals surface area contributed by atoms with Gasteiger partial charge in [0, 0.05) is 42.9 Å².